The van der Waals surface area contributed by atoms with Crippen LogP contribution < -0.4 is 0 Å². The number of aryl methyl sites for hydroxylation is 2. The normalized spacial score (nSPS) is 10.4. The Hall–Kier alpha value is -0.830. The molecule has 2 rings (SSSR count). The van der Waals surface area contributed by atoms with Crippen molar-refractivity contribution in [1.82, 2.24) is 0 Å². The van der Waals surface area contributed by atoms with Crippen molar-refractivity contribution in [2.24, 2.45) is 0 Å². The monoisotopic (exact) mass is 336 g/mol. The van der Waals surface area contributed by atoms with Crippen LogP contribution in [0.5, 0.6) is 0 Å². The van der Waals surface area contributed by atoms with Crippen LogP contribution in [0.3, 0.4) is 0 Å². The molecule has 0 nitrogen and oxygen atoms in total. The maximum absolute atomic E-state index is 2.42. The van der Waals surface area contributed by atoms with Gasteiger partial charge in [0.15, 0.2) is 0 Å². The van der Waals surface area contributed by atoms with Gasteiger partial charge < -0.3 is 0 Å². The van der Waals surface area contributed by atoms with E-state index >= 15 is 0 Å². The zero-order chi connectivity index (χ0) is 11.9. The molecule has 0 aromatic heterocycles. The maximum atomic E-state index is 2.42. The highest BCUT2D eigenvalue weighted by molar-refractivity contribution is 14.1. The van der Waals surface area contributed by atoms with Crippen molar-refractivity contribution in [3.8, 4) is 0 Å². The van der Waals surface area contributed by atoms with Gasteiger partial charge in [-0.3, -0.25) is 0 Å². The fraction of sp³-hybridized carbons (Fsp3) is 0.250. The number of hydrogen-bond donors (Lipinski definition) is 0. The summed E-state index contributed by atoms with van der Waals surface area (Å²) < 4.78 is 1.39. The van der Waals surface area contributed by atoms with Gasteiger partial charge >= 0.3 is 0 Å². The van der Waals surface area contributed by atoms with E-state index in [2.05, 4.69) is 77.2 Å². The molecule has 0 unspecified atom stereocenters. The molecule has 2 aromatic rings. The van der Waals surface area contributed by atoms with E-state index in [1.807, 2.05) is 0 Å². The Morgan fingerprint density at radius 2 is 1.35 bits per heavy atom. The number of halogens is 1. The molecule has 88 valence electrons. The second kappa shape index (κ2) is 6.80. The molecule has 0 heterocycles. The van der Waals surface area contributed by atoms with E-state index in [1.165, 1.54) is 40.4 Å². The lowest BCUT2D eigenvalue weighted by Gasteiger charge is -2.04. The van der Waals surface area contributed by atoms with Crippen molar-refractivity contribution in [3.05, 3.63) is 69.3 Å². The van der Waals surface area contributed by atoms with Gasteiger partial charge in [-0.05, 0) is 65.5 Å². The maximum Gasteiger partial charge on any atom is 0.0162 e. The van der Waals surface area contributed by atoms with Crippen LogP contribution >= 0.6 is 22.6 Å². The average molecular weight is 336 g/mol. The number of unbranched alkanes of at least 4 members (excludes halogenated alkanes) is 1. The fourth-order valence-electron chi connectivity index (χ4n) is 1.99. The van der Waals surface area contributed by atoms with Crippen LogP contribution in [0.2, 0.25) is 0 Å². The lowest BCUT2D eigenvalue weighted by molar-refractivity contribution is 0.733. The van der Waals surface area contributed by atoms with Crippen molar-refractivity contribution in [3.63, 3.8) is 0 Å². The van der Waals surface area contributed by atoms with Gasteiger partial charge in [-0.15, -0.1) is 0 Å². The first-order valence-corrected chi connectivity index (χ1v) is 7.21. The summed E-state index contributed by atoms with van der Waals surface area (Å²) in [5.74, 6) is 0. The summed E-state index contributed by atoms with van der Waals surface area (Å²) in [7, 11) is 0. The molecule has 0 bridgehead atoms. The molecule has 0 atom stereocenters. The highest BCUT2D eigenvalue weighted by Crippen LogP contribution is 2.15. The third-order valence-electron chi connectivity index (χ3n) is 2.96. The highest BCUT2D eigenvalue weighted by Gasteiger charge is 1.98. The lowest BCUT2D eigenvalue weighted by Crippen LogP contribution is -1.91. The third-order valence-corrected chi connectivity index (χ3v) is 4.01. The van der Waals surface area contributed by atoms with Gasteiger partial charge in [-0.1, -0.05) is 48.5 Å². The molecular formula is C16H17I. The van der Waals surface area contributed by atoms with E-state index in [-0.39, 0.29) is 0 Å². The van der Waals surface area contributed by atoms with Gasteiger partial charge in [0.2, 0.25) is 0 Å². The minimum atomic E-state index is 1.20. The molecule has 0 spiro atoms. The Kier molecular flexibility index (Phi) is 5.05. The molecule has 2 aromatic carbocycles. The van der Waals surface area contributed by atoms with E-state index in [0.29, 0.717) is 0 Å². The van der Waals surface area contributed by atoms with Crippen molar-refractivity contribution < 1.29 is 0 Å². The number of rotatable bonds is 5. The standard InChI is InChI=1S/C16H17I/c17-16-13-7-6-12-15(16)11-5-4-10-14-8-2-1-3-9-14/h1-3,6-9,12-13H,4-5,10-11H2. The Balaban J connectivity index is 1.76. The van der Waals surface area contributed by atoms with Gasteiger partial charge in [0, 0.05) is 3.57 Å². The van der Waals surface area contributed by atoms with E-state index < -0.39 is 0 Å². The predicted octanol–water partition coefficient (Wildman–Crippen LogP) is 4.86. The molecule has 17 heavy (non-hydrogen) atoms. The van der Waals surface area contributed by atoms with E-state index in [1.54, 1.807) is 0 Å². The second-order valence-corrected chi connectivity index (χ2v) is 5.45. The van der Waals surface area contributed by atoms with Crippen LogP contribution in [0, 0.1) is 3.57 Å². The van der Waals surface area contributed by atoms with Crippen molar-refractivity contribution in [2.45, 2.75) is 25.7 Å². The Bertz CT molecular complexity index is 448. The molecule has 0 N–H and O–H groups in total. The molecule has 0 aliphatic rings. The summed E-state index contributed by atoms with van der Waals surface area (Å²) in [5, 5.41) is 0. The zero-order valence-electron chi connectivity index (χ0n) is 9.90. The minimum Gasteiger partial charge on any atom is -0.0622 e. The van der Waals surface area contributed by atoms with E-state index in [4.69, 9.17) is 0 Å². The van der Waals surface area contributed by atoms with Crippen LogP contribution in [0.1, 0.15) is 24.0 Å². The Morgan fingerprint density at radius 3 is 2.12 bits per heavy atom. The van der Waals surface area contributed by atoms with Crippen LogP contribution in [0.4, 0.5) is 0 Å². The summed E-state index contributed by atoms with van der Waals surface area (Å²) in [6, 6.07) is 19.4. The van der Waals surface area contributed by atoms with Gasteiger partial charge in [0.25, 0.3) is 0 Å². The highest BCUT2D eigenvalue weighted by atomic mass is 127. The topological polar surface area (TPSA) is 0 Å². The minimum absolute atomic E-state index is 1.20. The summed E-state index contributed by atoms with van der Waals surface area (Å²) in [5.41, 5.74) is 2.94. The first-order chi connectivity index (χ1) is 8.36. The van der Waals surface area contributed by atoms with Crippen molar-refractivity contribution in [1.29, 1.82) is 0 Å². The van der Waals surface area contributed by atoms with E-state index in [9.17, 15) is 0 Å². The molecule has 0 saturated heterocycles. The van der Waals surface area contributed by atoms with Crippen molar-refractivity contribution in [2.75, 3.05) is 0 Å². The van der Waals surface area contributed by atoms with Crippen LogP contribution in [0.15, 0.2) is 54.6 Å². The average Bonchev–Trinajstić information content (AvgIpc) is 2.38. The predicted molar refractivity (Wildman–Crippen MR) is 82.2 cm³/mol. The van der Waals surface area contributed by atoms with Gasteiger partial charge in [-0.2, -0.15) is 0 Å². The van der Waals surface area contributed by atoms with Crippen LogP contribution in [-0.2, 0) is 12.8 Å². The number of benzene rings is 2. The van der Waals surface area contributed by atoms with Crippen molar-refractivity contribution >= 4 is 22.6 Å². The van der Waals surface area contributed by atoms with Crippen LogP contribution in [-0.4, -0.2) is 0 Å². The Labute approximate surface area is 117 Å². The lowest BCUT2D eigenvalue weighted by atomic mass is 10.0. The first-order valence-electron chi connectivity index (χ1n) is 6.13. The fourth-order valence-corrected chi connectivity index (χ4v) is 2.65. The summed E-state index contributed by atoms with van der Waals surface area (Å²) in [6.45, 7) is 0. The summed E-state index contributed by atoms with van der Waals surface area (Å²) in [6.07, 6.45) is 4.94. The molecular weight excluding hydrogens is 319 g/mol. The largest absolute Gasteiger partial charge is 0.0622 e. The van der Waals surface area contributed by atoms with E-state index in [0.717, 1.165) is 0 Å². The molecule has 0 aliphatic heterocycles. The summed E-state index contributed by atoms with van der Waals surface area (Å²) in [4.78, 5) is 0. The molecule has 0 amide bonds. The third kappa shape index (κ3) is 4.15. The molecule has 0 fully saturated rings. The molecule has 0 saturated carbocycles. The molecule has 1 heteroatoms. The number of hydrogen-bond acceptors (Lipinski definition) is 0. The van der Waals surface area contributed by atoms with Gasteiger partial charge in [0.1, 0.15) is 0 Å². The molecule has 0 aliphatic carbocycles. The van der Waals surface area contributed by atoms with Crippen LogP contribution in [0.25, 0.3) is 0 Å². The zero-order valence-corrected chi connectivity index (χ0v) is 12.1. The molecule has 0 radical (unpaired) electrons. The van der Waals surface area contributed by atoms with Gasteiger partial charge in [0.05, 0.1) is 0 Å². The SMILES string of the molecule is Ic1ccccc1CCCCc1ccccc1. The summed E-state index contributed by atoms with van der Waals surface area (Å²) >= 11 is 2.42. The smallest absolute Gasteiger partial charge is 0.0162 e. The first kappa shape index (κ1) is 12.6. The van der Waals surface area contributed by atoms with Gasteiger partial charge in [-0.25, -0.2) is 0 Å². The Morgan fingerprint density at radius 1 is 0.706 bits per heavy atom. The quantitative estimate of drug-likeness (QED) is 0.540. The second-order valence-electron chi connectivity index (χ2n) is 4.28.